The number of aromatic nitrogens is 2. The molecule has 24 heavy (non-hydrogen) atoms. The Labute approximate surface area is 140 Å². The van der Waals surface area contributed by atoms with Gasteiger partial charge in [0.1, 0.15) is 11.3 Å². The number of carbonyl (C=O) groups excluding carboxylic acids is 2. The Bertz CT molecular complexity index is 689. The Hall–Kier alpha value is -2.83. The molecule has 7 heteroatoms. The number of rotatable bonds is 5. The molecule has 0 saturated carbocycles. The van der Waals surface area contributed by atoms with E-state index in [9.17, 15) is 9.59 Å². The average molecular weight is 330 g/mol. The number of amides is 2. The van der Waals surface area contributed by atoms with Gasteiger partial charge in [-0.25, -0.2) is 4.79 Å². The van der Waals surface area contributed by atoms with Crippen LogP contribution in [-0.4, -0.2) is 40.9 Å². The van der Waals surface area contributed by atoms with Crippen molar-refractivity contribution in [3.05, 3.63) is 42.2 Å². The third-order valence-corrected chi connectivity index (χ3v) is 3.03. The van der Waals surface area contributed by atoms with Crippen molar-refractivity contribution in [2.75, 3.05) is 13.1 Å². The maximum atomic E-state index is 12.2. The van der Waals surface area contributed by atoms with Crippen LogP contribution in [0.1, 0.15) is 31.3 Å². The van der Waals surface area contributed by atoms with E-state index in [1.54, 1.807) is 27.0 Å². The fraction of sp³-hybridized carbons (Fsp3) is 0.353. The largest absolute Gasteiger partial charge is 0.444 e. The van der Waals surface area contributed by atoms with E-state index in [0.717, 1.165) is 11.1 Å². The Morgan fingerprint density at radius 2 is 1.79 bits per heavy atom. The van der Waals surface area contributed by atoms with Crippen LogP contribution in [0.25, 0.3) is 11.1 Å². The van der Waals surface area contributed by atoms with Gasteiger partial charge in [0.2, 0.25) is 0 Å². The van der Waals surface area contributed by atoms with E-state index in [0.29, 0.717) is 5.69 Å². The summed E-state index contributed by atoms with van der Waals surface area (Å²) >= 11 is 0. The molecule has 0 atom stereocenters. The molecule has 0 bridgehead atoms. The van der Waals surface area contributed by atoms with Gasteiger partial charge in [0.05, 0.1) is 6.20 Å². The first-order valence-corrected chi connectivity index (χ1v) is 7.70. The summed E-state index contributed by atoms with van der Waals surface area (Å²) in [6, 6.07) is 9.52. The topological polar surface area (TPSA) is 96.1 Å². The highest BCUT2D eigenvalue weighted by Crippen LogP contribution is 2.21. The molecule has 1 aromatic carbocycles. The molecule has 3 N–H and O–H groups in total. The van der Waals surface area contributed by atoms with E-state index in [4.69, 9.17) is 4.74 Å². The molecule has 0 unspecified atom stereocenters. The quantitative estimate of drug-likeness (QED) is 0.733. The maximum Gasteiger partial charge on any atom is 0.407 e. The monoisotopic (exact) mass is 330 g/mol. The Morgan fingerprint density at radius 1 is 1.12 bits per heavy atom. The third kappa shape index (κ3) is 5.12. The summed E-state index contributed by atoms with van der Waals surface area (Å²) < 4.78 is 5.12. The molecule has 2 aromatic rings. The van der Waals surface area contributed by atoms with Crippen molar-refractivity contribution in [2.24, 2.45) is 0 Å². The van der Waals surface area contributed by atoms with Gasteiger partial charge in [-0.2, -0.15) is 5.10 Å². The molecule has 0 saturated heterocycles. The molecule has 0 spiro atoms. The van der Waals surface area contributed by atoms with E-state index < -0.39 is 11.7 Å². The lowest BCUT2D eigenvalue weighted by molar-refractivity contribution is 0.0526. The molecular weight excluding hydrogens is 308 g/mol. The number of carbonyl (C=O) groups is 2. The highest BCUT2D eigenvalue weighted by Gasteiger charge is 2.17. The van der Waals surface area contributed by atoms with Crippen LogP contribution in [0.4, 0.5) is 4.79 Å². The van der Waals surface area contributed by atoms with Crippen LogP contribution in [0.3, 0.4) is 0 Å². The number of hydrogen-bond acceptors (Lipinski definition) is 4. The van der Waals surface area contributed by atoms with Gasteiger partial charge in [0, 0.05) is 18.7 Å². The minimum absolute atomic E-state index is 0.273. The standard InChI is InChI=1S/C17H22N4O3/c1-17(2,3)24-16(23)19-10-9-18-15(22)14-13(11-20-21-14)12-7-5-4-6-8-12/h4-8,11H,9-10H2,1-3H3,(H,18,22)(H,19,23)(H,20,21). The zero-order valence-electron chi connectivity index (χ0n) is 14.1. The van der Waals surface area contributed by atoms with Crippen molar-refractivity contribution >= 4 is 12.0 Å². The fourth-order valence-electron chi connectivity index (χ4n) is 2.04. The Balaban J connectivity index is 1.84. The first-order chi connectivity index (χ1) is 11.4. The molecule has 7 nitrogen and oxygen atoms in total. The number of ether oxygens (including phenoxy) is 1. The van der Waals surface area contributed by atoms with Crippen molar-refractivity contribution in [2.45, 2.75) is 26.4 Å². The first-order valence-electron chi connectivity index (χ1n) is 7.70. The van der Waals surface area contributed by atoms with Crippen molar-refractivity contribution in [3.8, 4) is 11.1 Å². The van der Waals surface area contributed by atoms with Crippen molar-refractivity contribution in [3.63, 3.8) is 0 Å². The van der Waals surface area contributed by atoms with Gasteiger partial charge in [-0.3, -0.25) is 9.89 Å². The Morgan fingerprint density at radius 3 is 2.46 bits per heavy atom. The molecule has 0 aliphatic carbocycles. The molecule has 0 radical (unpaired) electrons. The lowest BCUT2D eigenvalue weighted by Crippen LogP contribution is -2.38. The number of nitrogens with one attached hydrogen (secondary N) is 3. The summed E-state index contributed by atoms with van der Waals surface area (Å²) in [6.45, 7) is 5.92. The van der Waals surface area contributed by atoms with Crippen molar-refractivity contribution in [1.29, 1.82) is 0 Å². The van der Waals surface area contributed by atoms with Crippen LogP contribution >= 0.6 is 0 Å². The molecule has 2 rings (SSSR count). The average Bonchev–Trinajstić information content (AvgIpc) is 3.00. The second kappa shape index (κ2) is 7.63. The number of nitrogens with zero attached hydrogens (tertiary/aromatic N) is 1. The van der Waals surface area contributed by atoms with Crippen LogP contribution in [0.2, 0.25) is 0 Å². The molecule has 128 valence electrons. The van der Waals surface area contributed by atoms with Gasteiger partial charge >= 0.3 is 6.09 Å². The van der Waals surface area contributed by atoms with Crippen molar-refractivity contribution in [1.82, 2.24) is 20.8 Å². The second-order valence-electron chi connectivity index (χ2n) is 6.21. The molecule has 1 aromatic heterocycles. The molecule has 2 amide bonds. The minimum atomic E-state index is -0.548. The van der Waals surface area contributed by atoms with Gasteiger partial charge in [-0.1, -0.05) is 30.3 Å². The number of benzene rings is 1. The summed E-state index contributed by atoms with van der Waals surface area (Å²) in [7, 11) is 0. The predicted molar refractivity (Wildman–Crippen MR) is 90.6 cm³/mol. The highest BCUT2D eigenvalue weighted by molar-refractivity contribution is 5.98. The number of H-pyrrole nitrogens is 1. The fourth-order valence-corrected chi connectivity index (χ4v) is 2.04. The zero-order chi connectivity index (χ0) is 17.6. The summed E-state index contributed by atoms with van der Waals surface area (Å²) in [4.78, 5) is 23.8. The maximum absolute atomic E-state index is 12.2. The first kappa shape index (κ1) is 17.5. The number of hydrogen-bond donors (Lipinski definition) is 3. The summed E-state index contributed by atoms with van der Waals surface area (Å²) in [5.74, 6) is -0.280. The molecule has 0 fully saturated rings. The van der Waals surface area contributed by atoms with Gasteiger partial charge in [0.25, 0.3) is 5.91 Å². The van der Waals surface area contributed by atoms with Crippen molar-refractivity contribution < 1.29 is 14.3 Å². The predicted octanol–water partition coefficient (Wildman–Crippen LogP) is 2.33. The van der Waals surface area contributed by atoms with E-state index in [-0.39, 0.29) is 19.0 Å². The molecular formula is C17H22N4O3. The van der Waals surface area contributed by atoms with Gasteiger partial charge in [-0.15, -0.1) is 0 Å². The lowest BCUT2D eigenvalue weighted by Gasteiger charge is -2.19. The van der Waals surface area contributed by atoms with Gasteiger partial charge < -0.3 is 15.4 Å². The zero-order valence-corrected chi connectivity index (χ0v) is 14.1. The van der Waals surface area contributed by atoms with E-state index in [1.807, 2.05) is 30.3 Å². The van der Waals surface area contributed by atoms with Gasteiger partial charge in [0.15, 0.2) is 0 Å². The van der Waals surface area contributed by atoms with Crippen LogP contribution in [0, 0.1) is 0 Å². The minimum Gasteiger partial charge on any atom is -0.444 e. The van der Waals surface area contributed by atoms with E-state index >= 15 is 0 Å². The normalized spacial score (nSPS) is 11.0. The Kier molecular flexibility index (Phi) is 5.57. The summed E-state index contributed by atoms with van der Waals surface area (Å²) in [5, 5.41) is 12.0. The third-order valence-electron chi connectivity index (χ3n) is 3.03. The smallest absolute Gasteiger partial charge is 0.407 e. The van der Waals surface area contributed by atoms with E-state index in [2.05, 4.69) is 20.8 Å². The molecule has 1 heterocycles. The van der Waals surface area contributed by atoms with Crippen LogP contribution in [0.5, 0.6) is 0 Å². The molecule has 0 aliphatic rings. The number of alkyl carbamates (subject to hydrolysis) is 1. The molecule has 0 aliphatic heterocycles. The second-order valence-corrected chi connectivity index (χ2v) is 6.21. The van der Waals surface area contributed by atoms with Crippen LogP contribution < -0.4 is 10.6 Å². The van der Waals surface area contributed by atoms with Crippen LogP contribution in [0.15, 0.2) is 36.5 Å². The SMILES string of the molecule is CC(C)(C)OC(=O)NCCNC(=O)c1[nH]ncc1-c1ccccc1. The summed E-state index contributed by atoms with van der Waals surface area (Å²) in [5.41, 5.74) is 1.48. The van der Waals surface area contributed by atoms with Crippen LogP contribution in [-0.2, 0) is 4.74 Å². The van der Waals surface area contributed by atoms with Gasteiger partial charge in [-0.05, 0) is 26.3 Å². The summed E-state index contributed by atoms with van der Waals surface area (Å²) in [6.07, 6.45) is 1.10. The highest BCUT2D eigenvalue weighted by atomic mass is 16.6. The lowest BCUT2D eigenvalue weighted by atomic mass is 10.1. The number of aromatic amines is 1. The van der Waals surface area contributed by atoms with E-state index in [1.165, 1.54) is 0 Å².